The lowest BCUT2D eigenvalue weighted by Crippen LogP contribution is -2.61. The van der Waals surface area contributed by atoms with E-state index in [0.29, 0.717) is 5.92 Å². The minimum absolute atomic E-state index is 0.0195. The third-order valence-electron chi connectivity index (χ3n) is 5.83. The maximum absolute atomic E-state index is 12.7. The zero-order valence-electron chi connectivity index (χ0n) is 12.7. The zero-order chi connectivity index (χ0) is 14.8. The molecule has 112 valence electrons. The molecule has 4 rings (SSSR count). The van der Waals surface area contributed by atoms with Gasteiger partial charge >= 0.3 is 5.97 Å². The number of carbonyl (C=O) groups is 2. The van der Waals surface area contributed by atoms with Gasteiger partial charge < -0.3 is 10.4 Å². The zero-order valence-corrected chi connectivity index (χ0v) is 12.7. The summed E-state index contributed by atoms with van der Waals surface area (Å²) in [5.74, 6) is -0.332. The second kappa shape index (κ2) is 3.99. The van der Waals surface area contributed by atoms with Gasteiger partial charge in [-0.2, -0.15) is 0 Å². The van der Waals surface area contributed by atoms with Gasteiger partial charge in [-0.1, -0.05) is 13.8 Å². The number of amides is 1. The molecule has 0 aliphatic heterocycles. The summed E-state index contributed by atoms with van der Waals surface area (Å²) in [6.07, 6.45) is 6.53. The molecular formula is C16H25NO3. The second-order valence-corrected chi connectivity index (χ2v) is 8.44. The Morgan fingerprint density at radius 1 is 1.10 bits per heavy atom. The molecule has 0 aromatic heterocycles. The fourth-order valence-corrected chi connectivity index (χ4v) is 6.11. The van der Waals surface area contributed by atoms with Gasteiger partial charge in [-0.3, -0.25) is 9.59 Å². The Balaban J connectivity index is 1.85. The van der Waals surface area contributed by atoms with Crippen LogP contribution in [0, 0.1) is 22.2 Å². The molecule has 2 N–H and O–H groups in total. The third kappa shape index (κ3) is 2.04. The molecule has 4 nitrogen and oxygen atoms in total. The van der Waals surface area contributed by atoms with E-state index < -0.39 is 12.0 Å². The summed E-state index contributed by atoms with van der Waals surface area (Å²) in [4.78, 5) is 23.7. The average Bonchev–Trinajstić information content (AvgIpc) is 2.23. The smallest absolute Gasteiger partial charge is 0.325 e. The predicted molar refractivity (Wildman–Crippen MR) is 75.1 cm³/mol. The van der Waals surface area contributed by atoms with E-state index in [-0.39, 0.29) is 22.2 Å². The molecular weight excluding hydrogens is 254 g/mol. The largest absolute Gasteiger partial charge is 0.480 e. The van der Waals surface area contributed by atoms with Crippen molar-refractivity contribution in [3.63, 3.8) is 0 Å². The first kappa shape index (κ1) is 13.9. The lowest BCUT2D eigenvalue weighted by molar-refractivity contribution is -0.171. The summed E-state index contributed by atoms with van der Waals surface area (Å²) in [6.45, 7) is 6.18. The summed E-state index contributed by atoms with van der Waals surface area (Å²) >= 11 is 0. The highest BCUT2D eigenvalue weighted by Crippen LogP contribution is 2.69. The molecule has 4 fully saturated rings. The van der Waals surface area contributed by atoms with Crippen molar-refractivity contribution in [2.24, 2.45) is 22.2 Å². The van der Waals surface area contributed by atoms with Crippen LogP contribution in [0.4, 0.5) is 0 Å². The van der Waals surface area contributed by atoms with Crippen molar-refractivity contribution < 1.29 is 14.7 Å². The molecule has 1 amide bonds. The maximum Gasteiger partial charge on any atom is 0.325 e. The molecule has 0 aromatic carbocycles. The van der Waals surface area contributed by atoms with E-state index in [1.165, 1.54) is 19.3 Å². The Labute approximate surface area is 120 Å². The monoisotopic (exact) mass is 279 g/mol. The number of carbonyl (C=O) groups excluding carboxylic acids is 1. The van der Waals surface area contributed by atoms with Gasteiger partial charge in [0.25, 0.3) is 0 Å². The van der Waals surface area contributed by atoms with Crippen molar-refractivity contribution in [1.82, 2.24) is 5.32 Å². The minimum atomic E-state index is -0.958. The molecule has 3 atom stereocenters. The van der Waals surface area contributed by atoms with Crippen molar-refractivity contribution >= 4 is 11.9 Å². The number of carboxylic acids is 1. The summed E-state index contributed by atoms with van der Waals surface area (Å²) in [5.41, 5.74) is 0.239. The van der Waals surface area contributed by atoms with Crippen LogP contribution < -0.4 is 5.32 Å². The average molecular weight is 279 g/mol. The first-order valence-corrected chi connectivity index (χ1v) is 7.69. The molecule has 4 aliphatic carbocycles. The van der Waals surface area contributed by atoms with Gasteiger partial charge in [0, 0.05) is 0 Å². The van der Waals surface area contributed by atoms with Crippen molar-refractivity contribution in [2.75, 3.05) is 0 Å². The maximum atomic E-state index is 12.7. The molecule has 0 aromatic rings. The standard InChI is InChI=1S/C16H25NO3/c1-10(12(18)19)17-13(20)16-6-11-4-14(2,8-16)7-15(3,5-11)9-16/h10-11H,4-9H2,1-3H3,(H,17,20)(H,18,19)/t10-,11?,14?,15?,16?/m0/s1. The van der Waals surface area contributed by atoms with Crippen LogP contribution in [0.3, 0.4) is 0 Å². The molecule has 2 unspecified atom stereocenters. The normalized spacial score (nSPS) is 47.0. The van der Waals surface area contributed by atoms with Crippen LogP contribution in [0.1, 0.15) is 59.3 Å². The van der Waals surface area contributed by atoms with Crippen LogP contribution in [0.25, 0.3) is 0 Å². The molecule has 4 saturated carbocycles. The fourth-order valence-electron chi connectivity index (χ4n) is 6.11. The first-order chi connectivity index (χ1) is 9.15. The van der Waals surface area contributed by atoms with Crippen LogP contribution in [-0.4, -0.2) is 23.0 Å². The van der Waals surface area contributed by atoms with Crippen molar-refractivity contribution in [2.45, 2.75) is 65.3 Å². The number of hydrogen-bond donors (Lipinski definition) is 2. The van der Waals surface area contributed by atoms with Gasteiger partial charge in [-0.25, -0.2) is 0 Å². The van der Waals surface area contributed by atoms with Gasteiger partial charge in [-0.15, -0.1) is 0 Å². The van der Waals surface area contributed by atoms with Crippen molar-refractivity contribution in [3.05, 3.63) is 0 Å². The van der Waals surface area contributed by atoms with Gasteiger partial charge in [0.15, 0.2) is 0 Å². The van der Waals surface area contributed by atoms with Crippen molar-refractivity contribution in [1.29, 1.82) is 0 Å². The first-order valence-electron chi connectivity index (χ1n) is 7.69. The van der Waals surface area contributed by atoms with E-state index >= 15 is 0 Å². The topological polar surface area (TPSA) is 66.4 Å². The van der Waals surface area contributed by atoms with Gasteiger partial charge in [0.1, 0.15) is 6.04 Å². The Morgan fingerprint density at radius 3 is 2.10 bits per heavy atom. The van der Waals surface area contributed by atoms with Gasteiger partial charge in [0.2, 0.25) is 5.91 Å². The summed E-state index contributed by atoms with van der Waals surface area (Å²) in [6, 6.07) is -0.795. The summed E-state index contributed by atoms with van der Waals surface area (Å²) in [7, 11) is 0. The van der Waals surface area contributed by atoms with E-state index in [2.05, 4.69) is 19.2 Å². The minimum Gasteiger partial charge on any atom is -0.480 e. The highest BCUT2D eigenvalue weighted by Gasteiger charge is 2.62. The second-order valence-electron chi connectivity index (χ2n) is 8.44. The van der Waals surface area contributed by atoms with Crippen LogP contribution in [0.2, 0.25) is 0 Å². The van der Waals surface area contributed by atoms with E-state index in [1.54, 1.807) is 6.92 Å². The lowest BCUT2D eigenvalue weighted by atomic mass is 9.40. The molecule has 0 radical (unpaired) electrons. The number of carboxylic acid groups (broad SMARTS) is 1. The molecule has 0 saturated heterocycles. The van der Waals surface area contributed by atoms with E-state index in [1.807, 2.05) is 0 Å². The highest BCUT2D eigenvalue weighted by molar-refractivity contribution is 5.87. The molecule has 4 aliphatic rings. The SMILES string of the molecule is C[C@H](NC(=O)C12CC3CC(C)(CC(C)(C3)C1)C2)C(=O)O. The van der Waals surface area contributed by atoms with Crippen LogP contribution in [-0.2, 0) is 9.59 Å². The Hall–Kier alpha value is -1.06. The quantitative estimate of drug-likeness (QED) is 0.834. The number of rotatable bonds is 3. The van der Waals surface area contributed by atoms with Gasteiger partial charge in [0.05, 0.1) is 5.41 Å². The van der Waals surface area contributed by atoms with E-state index in [0.717, 1.165) is 19.3 Å². The van der Waals surface area contributed by atoms with E-state index in [4.69, 9.17) is 5.11 Å². The molecule has 0 heterocycles. The van der Waals surface area contributed by atoms with Crippen molar-refractivity contribution in [3.8, 4) is 0 Å². The third-order valence-corrected chi connectivity index (χ3v) is 5.83. The number of hydrogen-bond acceptors (Lipinski definition) is 2. The van der Waals surface area contributed by atoms with Crippen LogP contribution in [0.5, 0.6) is 0 Å². The van der Waals surface area contributed by atoms with Crippen LogP contribution >= 0.6 is 0 Å². The molecule has 0 spiro atoms. The fraction of sp³-hybridized carbons (Fsp3) is 0.875. The Kier molecular flexibility index (Phi) is 2.77. The number of nitrogens with one attached hydrogen (secondary N) is 1. The predicted octanol–water partition coefficient (Wildman–Crippen LogP) is 2.57. The van der Waals surface area contributed by atoms with Crippen LogP contribution in [0.15, 0.2) is 0 Å². The van der Waals surface area contributed by atoms with Gasteiger partial charge in [-0.05, 0) is 62.2 Å². The highest BCUT2D eigenvalue weighted by atomic mass is 16.4. The molecule has 20 heavy (non-hydrogen) atoms. The van der Waals surface area contributed by atoms with E-state index in [9.17, 15) is 9.59 Å². The summed E-state index contributed by atoms with van der Waals surface area (Å²) in [5, 5.41) is 11.7. The molecule has 4 heteroatoms. The number of aliphatic carboxylic acids is 1. The molecule has 4 bridgehead atoms. The lowest BCUT2D eigenvalue weighted by Gasteiger charge is -2.64. The Bertz CT molecular complexity index is 454. The Morgan fingerprint density at radius 2 is 1.65 bits per heavy atom. The summed E-state index contributed by atoms with van der Waals surface area (Å²) < 4.78 is 0.